The van der Waals surface area contributed by atoms with Crippen molar-refractivity contribution in [3.05, 3.63) is 91.0 Å². The summed E-state index contributed by atoms with van der Waals surface area (Å²) in [6, 6.07) is 31.7. The Kier molecular flexibility index (Phi) is 7.66. The summed E-state index contributed by atoms with van der Waals surface area (Å²) in [7, 11) is -2.21. The average Bonchev–Trinajstić information content (AvgIpc) is 2.84. The number of carbonyl (C=O) groups excluding carboxylic acids is 1. The van der Waals surface area contributed by atoms with Crippen LogP contribution in [0.25, 0.3) is 0 Å². The fourth-order valence-electron chi connectivity index (χ4n) is 5.42. The maximum atomic E-state index is 13.7. The quantitative estimate of drug-likeness (QED) is 0.321. The van der Waals surface area contributed by atoms with Gasteiger partial charge in [-0.25, -0.2) is 4.79 Å². The third kappa shape index (κ3) is 5.22. The van der Waals surface area contributed by atoms with Gasteiger partial charge in [-0.15, -0.1) is 0 Å². The number of benzene rings is 3. The molecule has 0 saturated heterocycles. The van der Waals surface area contributed by atoms with Crippen LogP contribution in [0.3, 0.4) is 0 Å². The number of hydrogen-bond acceptors (Lipinski definition) is 2. The molecule has 1 saturated carbocycles. The average molecular weight is 460 g/mol. The Balaban J connectivity index is 1.75. The third-order valence-electron chi connectivity index (χ3n) is 7.20. The van der Waals surface area contributed by atoms with Crippen LogP contribution in [0, 0.1) is 17.8 Å². The number of rotatable bonds is 7. The Morgan fingerprint density at radius 1 is 0.818 bits per heavy atom. The summed E-state index contributed by atoms with van der Waals surface area (Å²) >= 11 is 0. The molecule has 0 heterocycles. The molecule has 0 aliphatic heterocycles. The van der Waals surface area contributed by atoms with Crippen molar-refractivity contribution in [2.24, 2.45) is 17.8 Å². The van der Waals surface area contributed by atoms with Gasteiger partial charge in [0.1, 0.15) is 29.3 Å². The molecule has 3 heteroatoms. The van der Waals surface area contributed by atoms with Gasteiger partial charge in [-0.2, -0.15) is 0 Å². The maximum Gasteiger partial charge on any atom is 0.345 e. The molecule has 2 nitrogen and oxygen atoms in total. The Morgan fingerprint density at radius 2 is 1.27 bits per heavy atom. The van der Waals surface area contributed by atoms with Crippen molar-refractivity contribution < 1.29 is 9.53 Å². The van der Waals surface area contributed by atoms with Gasteiger partial charge in [0.15, 0.2) is 6.16 Å². The lowest BCUT2D eigenvalue weighted by Crippen LogP contribution is -2.40. The van der Waals surface area contributed by atoms with Crippen LogP contribution >= 0.6 is 7.26 Å². The smallest absolute Gasteiger partial charge is 0.345 e. The van der Waals surface area contributed by atoms with E-state index in [1.807, 2.05) is 18.2 Å². The Morgan fingerprint density at radius 3 is 1.70 bits per heavy atom. The molecule has 3 aromatic rings. The molecule has 1 fully saturated rings. The lowest BCUT2D eigenvalue weighted by atomic mass is 9.75. The third-order valence-corrected chi connectivity index (χ3v) is 11.5. The Labute approximate surface area is 199 Å². The minimum Gasteiger partial charge on any atom is -0.459 e. The largest absolute Gasteiger partial charge is 0.459 e. The molecule has 3 aromatic carbocycles. The molecule has 1 aliphatic rings. The van der Waals surface area contributed by atoms with E-state index in [0.717, 1.165) is 12.8 Å². The van der Waals surface area contributed by atoms with E-state index >= 15 is 0 Å². The second kappa shape index (κ2) is 10.7. The molecule has 3 atom stereocenters. The van der Waals surface area contributed by atoms with E-state index in [1.54, 1.807) is 0 Å². The molecule has 0 spiro atoms. The first-order chi connectivity index (χ1) is 16.0. The lowest BCUT2D eigenvalue weighted by Gasteiger charge is -2.37. The summed E-state index contributed by atoms with van der Waals surface area (Å²) in [4.78, 5) is 13.7. The van der Waals surface area contributed by atoms with Gasteiger partial charge in [0.2, 0.25) is 0 Å². The molecule has 172 valence electrons. The van der Waals surface area contributed by atoms with Gasteiger partial charge in [0, 0.05) is 0 Å². The van der Waals surface area contributed by atoms with Crippen LogP contribution in [0.2, 0.25) is 0 Å². The number of esters is 1. The Bertz CT molecular complexity index is 920. The van der Waals surface area contributed by atoms with E-state index in [0.29, 0.717) is 23.9 Å². The highest BCUT2D eigenvalue weighted by molar-refractivity contribution is 7.96. The molecule has 0 radical (unpaired) electrons. The molecular formula is C30H36O2P+. The highest BCUT2D eigenvalue weighted by Gasteiger charge is 2.48. The first-order valence-electron chi connectivity index (χ1n) is 12.2. The standard InChI is InChI=1S/C30H36O2P/c1-23(2)28-20-19-24(3)21-29(28)32-30(31)22-33(25-13-7-4-8-14-25,26-15-9-5-10-16-26)27-17-11-6-12-18-27/h4-18,23-24,28-29H,19-22H2,1-3H3/q+1/t24-,28+,29+/m0/s1. The molecule has 1 aliphatic carbocycles. The zero-order valence-corrected chi connectivity index (χ0v) is 21.0. The fourth-order valence-corrected chi connectivity index (χ4v) is 9.37. The SMILES string of the molecule is CC(C)[C@H]1CC[C@H](C)C[C@H]1OC(=O)C[P+](c1ccccc1)(c1ccccc1)c1ccccc1. The van der Waals surface area contributed by atoms with Gasteiger partial charge in [-0.3, -0.25) is 0 Å². The minimum atomic E-state index is -2.21. The summed E-state index contributed by atoms with van der Waals surface area (Å²) in [6.45, 7) is 6.81. The van der Waals surface area contributed by atoms with Crippen LogP contribution in [0.15, 0.2) is 91.0 Å². The maximum absolute atomic E-state index is 13.7. The van der Waals surface area contributed by atoms with E-state index in [-0.39, 0.29) is 12.1 Å². The van der Waals surface area contributed by atoms with Crippen molar-refractivity contribution in [3.8, 4) is 0 Å². The minimum absolute atomic E-state index is 0.0190. The van der Waals surface area contributed by atoms with Crippen molar-refractivity contribution in [1.29, 1.82) is 0 Å². The van der Waals surface area contributed by atoms with Crippen LogP contribution in [0.1, 0.15) is 40.0 Å². The van der Waals surface area contributed by atoms with Crippen LogP contribution in [-0.4, -0.2) is 18.2 Å². The van der Waals surface area contributed by atoms with Gasteiger partial charge in [-0.05, 0) is 67.0 Å². The number of ether oxygens (including phenoxy) is 1. The van der Waals surface area contributed by atoms with Gasteiger partial charge in [-0.1, -0.05) is 81.8 Å². The molecule has 0 unspecified atom stereocenters. The topological polar surface area (TPSA) is 26.3 Å². The normalized spacial score (nSPS) is 21.0. The van der Waals surface area contributed by atoms with E-state index in [1.165, 1.54) is 22.3 Å². The monoisotopic (exact) mass is 459 g/mol. The van der Waals surface area contributed by atoms with Gasteiger partial charge >= 0.3 is 5.97 Å². The van der Waals surface area contributed by atoms with Crippen LogP contribution in [-0.2, 0) is 9.53 Å². The van der Waals surface area contributed by atoms with E-state index in [4.69, 9.17) is 4.74 Å². The van der Waals surface area contributed by atoms with Crippen LogP contribution in [0.5, 0.6) is 0 Å². The first kappa shape index (κ1) is 23.7. The summed E-state index contributed by atoms with van der Waals surface area (Å²) in [5, 5.41) is 3.66. The summed E-state index contributed by atoms with van der Waals surface area (Å²) in [5.41, 5.74) is 0. The van der Waals surface area contributed by atoms with E-state index in [2.05, 4.69) is 93.6 Å². The summed E-state index contributed by atoms with van der Waals surface area (Å²) in [6.07, 6.45) is 3.76. The van der Waals surface area contributed by atoms with Gasteiger partial charge in [0.05, 0.1) is 0 Å². The van der Waals surface area contributed by atoms with Crippen molar-refractivity contribution in [2.45, 2.75) is 46.1 Å². The number of hydrogen-bond donors (Lipinski definition) is 0. The van der Waals surface area contributed by atoms with E-state index in [9.17, 15) is 4.79 Å². The zero-order valence-electron chi connectivity index (χ0n) is 20.1. The van der Waals surface area contributed by atoms with Crippen molar-refractivity contribution in [3.63, 3.8) is 0 Å². The van der Waals surface area contributed by atoms with Crippen molar-refractivity contribution in [1.82, 2.24) is 0 Å². The number of carbonyl (C=O) groups is 1. The van der Waals surface area contributed by atoms with Crippen LogP contribution < -0.4 is 15.9 Å². The second-order valence-corrected chi connectivity index (χ2v) is 13.3. The van der Waals surface area contributed by atoms with Crippen molar-refractivity contribution in [2.75, 3.05) is 6.16 Å². The molecule has 0 amide bonds. The molecule has 33 heavy (non-hydrogen) atoms. The molecular weight excluding hydrogens is 423 g/mol. The second-order valence-electron chi connectivity index (χ2n) is 9.83. The first-order valence-corrected chi connectivity index (χ1v) is 14.2. The van der Waals surface area contributed by atoms with E-state index < -0.39 is 7.26 Å². The van der Waals surface area contributed by atoms with Gasteiger partial charge in [0.25, 0.3) is 0 Å². The summed E-state index contributed by atoms with van der Waals surface area (Å²) < 4.78 is 6.34. The predicted molar refractivity (Wildman–Crippen MR) is 141 cm³/mol. The fraction of sp³-hybridized carbons (Fsp3) is 0.367. The molecule has 0 bridgehead atoms. The highest BCUT2D eigenvalue weighted by Crippen LogP contribution is 2.55. The molecule has 0 N–H and O–H groups in total. The molecule has 0 aromatic heterocycles. The summed E-state index contributed by atoms with van der Waals surface area (Å²) in [5.74, 6) is 1.51. The van der Waals surface area contributed by atoms with Gasteiger partial charge < -0.3 is 4.74 Å². The Hall–Kier alpha value is -2.44. The lowest BCUT2D eigenvalue weighted by molar-refractivity contribution is -0.152. The highest BCUT2D eigenvalue weighted by atomic mass is 31.2. The van der Waals surface area contributed by atoms with Crippen molar-refractivity contribution >= 4 is 29.1 Å². The zero-order chi connectivity index (χ0) is 23.3. The predicted octanol–water partition coefficient (Wildman–Crippen LogP) is 5.98. The van der Waals surface area contributed by atoms with Crippen LogP contribution in [0.4, 0.5) is 0 Å². The molecule has 4 rings (SSSR count).